The van der Waals surface area contributed by atoms with Gasteiger partial charge in [0, 0.05) is 12.5 Å². The van der Waals surface area contributed by atoms with Crippen LogP contribution in [0, 0.1) is 12.7 Å². The monoisotopic (exact) mass is 180 g/mol. The van der Waals surface area contributed by atoms with E-state index in [1.165, 1.54) is 19.1 Å². The lowest BCUT2D eigenvalue weighted by atomic mass is 10.0. The van der Waals surface area contributed by atoms with E-state index < -0.39 is 17.4 Å². The Balaban J connectivity index is 3.21. The molecule has 2 nitrogen and oxygen atoms in total. The lowest BCUT2D eigenvalue weighted by Gasteiger charge is -2.01. The van der Waals surface area contributed by atoms with Gasteiger partial charge in [-0.15, -0.1) is 0 Å². The number of hydrogen-bond donors (Lipinski definition) is 0. The van der Waals surface area contributed by atoms with Crippen molar-refractivity contribution in [3.63, 3.8) is 0 Å². The number of Topliss-reactive ketones (excluding diaryl/α,β-unsaturated/α-hetero) is 2. The van der Waals surface area contributed by atoms with Gasteiger partial charge in [-0.1, -0.05) is 6.07 Å². The van der Waals surface area contributed by atoms with E-state index in [9.17, 15) is 14.0 Å². The highest BCUT2D eigenvalue weighted by molar-refractivity contribution is 6.43. The fraction of sp³-hybridized carbons (Fsp3) is 0.200. The van der Waals surface area contributed by atoms with Gasteiger partial charge in [0.2, 0.25) is 5.78 Å². The molecule has 13 heavy (non-hydrogen) atoms. The molecule has 0 atom stereocenters. The highest BCUT2D eigenvalue weighted by Gasteiger charge is 2.13. The molecule has 0 aliphatic carbocycles. The van der Waals surface area contributed by atoms with Gasteiger partial charge in [0.15, 0.2) is 5.78 Å². The lowest BCUT2D eigenvalue weighted by molar-refractivity contribution is -0.113. The van der Waals surface area contributed by atoms with E-state index >= 15 is 0 Å². The highest BCUT2D eigenvalue weighted by Crippen LogP contribution is 2.11. The third-order valence-electron chi connectivity index (χ3n) is 1.76. The molecular weight excluding hydrogens is 171 g/mol. The summed E-state index contributed by atoms with van der Waals surface area (Å²) in [6.07, 6.45) is 0. The average molecular weight is 180 g/mol. The number of carbonyl (C=O) groups is 2. The molecule has 1 rings (SSSR count). The number of benzene rings is 1. The molecule has 0 aliphatic heterocycles. The molecule has 0 saturated carbocycles. The van der Waals surface area contributed by atoms with E-state index in [0.29, 0.717) is 5.56 Å². The van der Waals surface area contributed by atoms with Crippen molar-refractivity contribution in [1.82, 2.24) is 0 Å². The van der Waals surface area contributed by atoms with Crippen LogP contribution in [0.3, 0.4) is 0 Å². The molecule has 3 heteroatoms. The third-order valence-corrected chi connectivity index (χ3v) is 1.76. The van der Waals surface area contributed by atoms with Crippen molar-refractivity contribution in [3.8, 4) is 0 Å². The molecule has 0 spiro atoms. The van der Waals surface area contributed by atoms with Crippen LogP contribution in [0.5, 0.6) is 0 Å². The van der Waals surface area contributed by atoms with Crippen LogP contribution in [0.2, 0.25) is 0 Å². The van der Waals surface area contributed by atoms with Crippen LogP contribution in [0.15, 0.2) is 18.2 Å². The Morgan fingerprint density at radius 2 is 1.92 bits per heavy atom. The van der Waals surface area contributed by atoms with E-state index in [0.717, 1.165) is 6.07 Å². The molecule has 0 amide bonds. The zero-order valence-corrected chi connectivity index (χ0v) is 7.43. The van der Waals surface area contributed by atoms with Crippen LogP contribution in [0.4, 0.5) is 4.39 Å². The maximum Gasteiger partial charge on any atom is 0.228 e. The average Bonchev–Trinajstić information content (AvgIpc) is 2.08. The van der Waals surface area contributed by atoms with Crippen molar-refractivity contribution in [2.24, 2.45) is 0 Å². The van der Waals surface area contributed by atoms with Crippen molar-refractivity contribution in [2.45, 2.75) is 13.8 Å². The van der Waals surface area contributed by atoms with Crippen LogP contribution in [-0.4, -0.2) is 11.6 Å². The quantitative estimate of drug-likeness (QED) is 0.514. The minimum absolute atomic E-state index is 0.146. The van der Waals surface area contributed by atoms with Gasteiger partial charge in [0.05, 0.1) is 0 Å². The van der Waals surface area contributed by atoms with Gasteiger partial charge in [-0.05, 0) is 24.6 Å². The third kappa shape index (κ3) is 1.99. The van der Waals surface area contributed by atoms with Gasteiger partial charge in [-0.3, -0.25) is 9.59 Å². The standard InChI is InChI=1S/C10H9FO2/c1-6-3-4-8(11)5-9(6)10(13)7(2)12/h3-5H,1-2H3. The maximum absolute atomic E-state index is 12.7. The van der Waals surface area contributed by atoms with E-state index in [-0.39, 0.29) is 5.56 Å². The fourth-order valence-corrected chi connectivity index (χ4v) is 1.03. The van der Waals surface area contributed by atoms with Gasteiger partial charge in [0.25, 0.3) is 0 Å². The van der Waals surface area contributed by atoms with Gasteiger partial charge in [-0.2, -0.15) is 0 Å². The minimum atomic E-state index is -0.642. The number of ketones is 2. The summed E-state index contributed by atoms with van der Waals surface area (Å²) in [5.74, 6) is -1.72. The molecule has 0 N–H and O–H groups in total. The molecule has 0 heterocycles. The molecule has 1 aromatic rings. The first-order chi connectivity index (χ1) is 6.02. The van der Waals surface area contributed by atoms with Crippen molar-refractivity contribution in [2.75, 3.05) is 0 Å². The second kappa shape index (κ2) is 3.47. The summed E-state index contributed by atoms with van der Waals surface area (Å²) in [5.41, 5.74) is 0.758. The Morgan fingerprint density at radius 1 is 1.31 bits per heavy atom. The highest BCUT2D eigenvalue weighted by atomic mass is 19.1. The fourth-order valence-electron chi connectivity index (χ4n) is 1.03. The Morgan fingerprint density at radius 3 is 2.46 bits per heavy atom. The van der Waals surface area contributed by atoms with Gasteiger partial charge < -0.3 is 0 Å². The molecule has 0 unspecified atom stereocenters. The Hall–Kier alpha value is -1.51. The van der Waals surface area contributed by atoms with E-state index in [2.05, 4.69) is 0 Å². The Labute approximate surface area is 75.4 Å². The largest absolute Gasteiger partial charge is 0.291 e. The summed E-state index contributed by atoms with van der Waals surface area (Å²) in [6.45, 7) is 2.84. The van der Waals surface area contributed by atoms with Crippen molar-refractivity contribution >= 4 is 11.6 Å². The first-order valence-corrected chi connectivity index (χ1v) is 3.84. The molecule has 0 saturated heterocycles. The number of halogens is 1. The molecular formula is C10H9FO2. The normalized spacial score (nSPS) is 9.77. The Kier molecular flexibility index (Phi) is 2.56. The topological polar surface area (TPSA) is 34.1 Å². The summed E-state index contributed by atoms with van der Waals surface area (Å²) in [6, 6.07) is 3.82. The summed E-state index contributed by atoms with van der Waals surface area (Å²) in [4.78, 5) is 21.9. The maximum atomic E-state index is 12.7. The second-order valence-electron chi connectivity index (χ2n) is 2.84. The zero-order chi connectivity index (χ0) is 10.0. The van der Waals surface area contributed by atoms with Crippen molar-refractivity contribution in [1.29, 1.82) is 0 Å². The van der Waals surface area contributed by atoms with Crippen LogP contribution >= 0.6 is 0 Å². The second-order valence-corrected chi connectivity index (χ2v) is 2.84. The minimum Gasteiger partial charge on any atom is -0.291 e. The molecule has 0 bridgehead atoms. The predicted octanol–water partition coefficient (Wildman–Crippen LogP) is 1.91. The van der Waals surface area contributed by atoms with Crippen LogP contribution in [-0.2, 0) is 4.79 Å². The van der Waals surface area contributed by atoms with Gasteiger partial charge in [0.1, 0.15) is 5.82 Å². The summed E-state index contributed by atoms with van der Waals surface area (Å²) >= 11 is 0. The SMILES string of the molecule is CC(=O)C(=O)c1cc(F)ccc1C. The van der Waals surface area contributed by atoms with Gasteiger partial charge in [-0.25, -0.2) is 4.39 Å². The first kappa shape index (κ1) is 9.58. The molecule has 0 fully saturated rings. The number of aryl methyl sites for hydroxylation is 1. The van der Waals surface area contributed by atoms with E-state index in [4.69, 9.17) is 0 Å². The summed E-state index contributed by atoms with van der Waals surface area (Å²) < 4.78 is 12.7. The van der Waals surface area contributed by atoms with Crippen molar-refractivity contribution < 1.29 is 14.0 Å². The smallest absolute Gasteiger partial charge is 0.228 e. The first-order valence-electron chi connectivity index (χ1n) is 3.84. The number of rotatable bonds is 2. The van der Waals surface area contributed by atoms with Crippen molar-refractivity contribution in [3.05, 3.63) is 35.1 Å². The summed E-state index contributed by atoms with van der Waals surface area (Å²) in [5, 5.41) is 0. The van der Waals surface area contributed by atoms with Crippen LogP contribution in [0.25, 0.3) is 0 Å². The van der Waals surface area contributed by atoms with Gasteiger partial charge >= 0.3 is 0 Å². The zero-order valence-electron chi connectivity index (χ0n) is 7.43. The van der Waals surface area contributed by atoms with E-state index in [1.54, 1.807) is 6.92 Å². The predicted molar refractivity (Wildman–Crippen MR) is 46.1 cm³/mol. The van der Waals surface area contributed by atoms with E-state index in [1.807, 2.05) is 0 Å². The summed E-state index contributed by atoms with van der Waals surface area (Å²) in [7, 11) is 0. The molecule has 0 aliphatic rings. The van der Waals surface area contributed by atoms with Crippen LogP contribution in [0.1, 0.15) is 22.8 Å². The number of hydrogen-bond acceptors (Lipinski definition) is 2. The molecule has 0 aromatic heterocycles. The molecule has 1 aromatic carbocycles. The number of carbonyl (C=O) groups excluding carboxylic acids is 2. The Bertz CT molecular complexity index is 369. The molecule has 68 valence electrons. The lowest BCUT2D eigenvalue weighted by Crippen LogP contribution is -2.11. The molecule has 0 radical (unpaired) electrons. The van der Waals surface area contributed by atoms with Crippen LogP contribution < -0.4 is 0 Å².